The van der Waals surface area contributed by atoms with Gasteiger partial charge in [0.15, 0.2) is 0 Å². The number of carbonyl (C=O) groups excluding carboxylic acids is 1. The number of hydrogen-bond acceptors (Lipinski definition) is 6. The van der Waals surface area contributed by atoms with Gasteiger partial charge in [0.1, 0.15) is 5.78 Å². The maximum Gasteiger partial charge on any atom is 0.129 e. The zero-order valence-electron chi connectivity index (χ0n) is 13.1. The Hall–Kier alpha value is -0.530. The van der Waals surface area contributed by atoms with Crippen LogP contribution in [0.15, 0.2) is 0 Å². The van der Waals surface area contributed by atoms with Crippen LogP contribution in [0.4, 0.5) is 0 Å². The third-order valence-electron chi connectivity index (χ3n) is 3.57. The molecule has 0 amide bonds. The van der Waals surface area contributed by atoms with Gasteiger partial charge in [-0.25, -0.2) is 0 Å². The Balaban J connectivity index is 4.19. The van der Waals surface area contributed by atoms with E-state index < -0.39 is 0 Å². The van der Waals surface area contributed by atoms with Crippen LogP contribution in [0, 0.1) is 11.8 Å². The molecule has 6 heteroatoms. The topological polar surface area (TPSA) is 101 Å². The molecule has 0 heterocycles. The predicted octanol–water partition coefficient (Wildman–Crippen LogP) is -0.361. The SMILES string of the molecule is CC(=O)CCCCCN(CC(CO)CO)CC(CO)CO. The molecule has 0 aromatic heterocycles. The molecule has 0 radical (unpaired) electrons. The fourth-order valence-electron chi connectivity index (χ4n) is 2.22. The molecule has 126 valence electrons. The molecule has 0 aromatic rings. The minimum Gasteiger partial charge on any atom is -0.396 e. The molecule has 0 saturated carbocycles. The van der Waals surface area contributed by atoms with Crippen molar-refractivity contribution in [3.8, 4) is 0 Å². The van der Waals surface area contributed by atoms with Crippen molar-refractivity contribution in [1.29, 1.82) is 0 Å². The third-order valence-corrected chi connectivity index (χ3v) is 3.57. The third kappa shape index (κ3) is 10.8. The second-order valence-corrected chi connectivity index (χ2v) is 5.73. The summed E-state index contributed by atoms with van der Waals surface area (Å²) in [5.74, 6) is -0.214. The normalized spacial score (nSPS) is 11.8. The lowest BCUT2D eigenvalue weighted by atomic mass is 10.1. The van der Waals surface area contributed by atoms with Crippen LogP contribution in [0.1, 0.15) is 32.6 Å². The van der Waals surface area contributed by atoms with Crippen LogP contribution in [-0.4, -0.2) is 77.2 Å². The lowest BCUT2D eigenvalue weighted by Gasteiger charge is -2.28. The number of rotatable bonds is 14. The lowest BCUT2D eigenvalue weighted by molar-refractivity contribution is -0.117. The molecule has 0 aromatic carbocycles. The smallest absolute Gasteiger partial charge is 0.129 e. The summed E-state index contributed by atoms with van der Waals surface area (Å²) in [4.78, 5) is 12.9. The Morgan fingerprint density at radius 2 is 1.33 bits per heavy atom. The van der Waals surface area contributed by atoms with Gasteiger partial charge in [0.05, 0.1) is 0 Å². The van der Waals surface area contributed by atoms with Crippen LogP contribution < -0.4 is 0 Å². The first-order valence-corrected chi connectivity index (χ1v) is 7.72. The first-order chi connectivity index (χ1) is 10.1. The van der Waals surface area contributed by atoms with Gasteiger partial charge >= 0.3 is 0 Å². The summed E-state index contributed by atoms with van der Waals surface area (Å²) in [6.07, 6.45) is 3.34. The van der Waals surface area contributed by atoms with Crippen molar-refractivity contribution in [2.75, 3.05) is 46.1 Å². The molecular formula is C15H31NO5. The van der Waals surface area contributed by atoms with Crippen molar-refractivity contribution in [3.05, 3.63) is 0 Å². The summed E-state index contributed by atoms with van der Waals surface area (Å²) in [7, 11) is 0. The Bertz CT molecular complexity index is 240. The van der Waals surface area contributed by atoms with Crippen LogP contribution in [0.2, 0.25) is 0 Å². The van der Waals surface area contributed by atoms with E-state index in [2.05, 4.69) is 4.90 Å². The van der Waals surface area contributed by atoms with Gasteiger partial charge in [-0.1, -0.05) is 6.42 Å². The molecule has 4 N–H and O–H groups in total. The van der Waals surface area contributed by atoms with Crippen molar-refractivity contribution in [2.45, 2.75) is 32.6 Å². The molecule has 0 atom stereocenters. The predicted molar refractivity (Wildman–Crippen MR) is 80.9 cm³/mol. The zero-order valence-corrected chi connectivity index (χ0v) is 13.1. The molecule has 0 aliphatic heterocycles. The standard InChI is InChI=1S/C15H31NO5/c1-13(21)5-3-2-4-6-16(7-14(9-17)10-18)8-15(11-19)12-20/h14-15,17-20H,2-12H2,1H3. The average Bonchev–Trinajstić information content (AvgIpc) is 2.48. The van der Waals surface area contributed by atoms with Gasteiger partial charge in [0.2, 0.25) is 0 Å². The van der Waals surface area contributed by atoms with Gasteiger partial charge in [-0.15, -0.1) is 0 Å². The number of aliphatic hydroxyl groups excluding tert-OH is 4. The molecule has 21 heavy (non-hydrogen) atoms. The van der Waals surface area contributed by atoms with E-state index in [0.717, 1.165) is 25.8 Å². The number of hydrogen-bond donors (Lipinski definition) is 4. The molecule has 0 unspecified atom stereocenters. The molecule has 0 aliphatic carbocycles. The molecular weight excluding hydrogens is 274 g/mol. The molecule has 0 spiro atoms. The number of unbranched alkanes of at least 4 members (excludes halogenated alkanes) is 2. The average molecular weight is 305 g/mol. The Morgan fingerprint density at radius 1 is 0.857 bits per heavy atom. The van der Waals surface area contributed by atoms with Crippen molar-refractivity contribution >= 4 is 5.78 Å². The zero-order chi connectivity index (χ0) is 16.1. The molecule has 0 bridgehead atoms. The highest BCUT2D eigenvalue weighted by Crippen LogP contribution is 2.08. The monoisotopic (exact) mass is 305 g/mol. The van der Waals surface area contributed by atoms with Crippen molar-refractivity contribution in [2.24, 2.45) is 11.8 Å². The van der Waals surface area contributed by atoms with Crippen LogP contribution >= 0.6 is 0 Å². The summed E-state index contributed by atoms with van der Waals surface area (Å²) in [6, 6.07) is 0. The summed E-state index contributed by atoms with van der Waals surface area (Å²) in [5, 5.41) is 36.7. The Kier molecular flexibility index (Phi) is 12.8. The fourth-order valence-corrected chi connectivity index (χ4v) is 2.22. The molecule has 0 fully saturated rings. The van der Waals surface area contributed by atoms with Crippen molar-refractivity contribution in [3.63, 3.8) is 0 Å². The van der Waals surface area contributed by atoms with Crippen LogP contribution in [-0.2, 0) is 4.79 Å². The maximum absolute atomic E-state index is 10.9. The quantitative estimate of drug-likeness (QED) is 0.327. The summed E-state index contributed by atoms with van der Waals surface area (Å²) in [6.45, 7) is 3.10. The highest BCUT2D eigenvalue weighted by molar-refractivity contribution is 5.75. The van der Waals surface area contributed by atoms with E-state index in [1.165, 1.54) is 0 Å². The van der Waals surface area contributed by atoms with Gasteiger partial charge < -0.3 is 30.1 Å². The second-order valence-electron chi connectivity index (χ2n) is 5.73. The second kappa shape index (κ2) is 13.2. The summed E-state index contributed by atoms with van der Waals surface area (Å²) >= 11 is 0. The van der Waals surface area contributed by atoms with E-state index in [9.17, 15) is 25.2 Å². The first-order valence-electron chi connectivity index (χ1n) is 7.72. The number of nitrogens with zero attached hydrogens (tertiary/aromatic N) is 1. The Labute approximate surface area is 127 Å². The minimum atomic E-state index is -0.208. The van der Waals surface area contributed by atoms with Crippen LogP contribution in [0.3, 0.4) is 0 Å². The van der Waals surface area contributed by atoms with Crippen molar-refractivity contribution in [1.82, 2.24) is 4.90 Å². The van der Waals surface area contributed by atoms with E-state index in [0.29, 0.717) is 19.5 Å². The molecule has 0 saturated heterocycles. The highest BCUT2D eigenvalue weighted by Gasteiger charge is 2.16. The van der Waals surface area contributed by atoms with E-state index >= 15 is 0 Å². The van der Waals surface area contributed by atoms with Crippen molar-refractivity contribution < 1.29 is 25.2 Å². The molecule has 0 rings (SSSR count). The number of carbonyl (C=O) groups is 1. The lowest BCUT2D eigenvalue weighted by Crippen LogP contribution is -2.38. The van der Waals surface area contributed by atoms with E-state index in [1.54, 1.807) is 6.92 Å². The van der Waals surface area contributed by atoms with Gasteiger partial charge in [-0.2, -0.15) is 0 Å². The van der Waals surface area contributed by atoms with E-state index in [-0.39, 0.29) is 44.0 Å². The molecule has 0 aliphatic rings. The van der Waals surface area contributed by atoms with E-state index in [1.807, 2.05) is 0 Å². The largest absolute Gasteiger partial charge is 0.396 e. The minimum absolute atomic E-state index is 0.0831. The highest BCUT2D eigenvalue weighted by atomic mass is 16.3. The van der Waals surface area contributed by atoms with Gasteiger partial charge in [0, 0.05) is 57.8 Å². The van der Waals surface area contributed by atoms with Gasteiger partial charge in [-0.05, 0) is 26.3 Å². The van der Waals surface area contributed by atoms with Crippen LogP contribution in [0.25, 0.3) is 0 Å². The number of Topliss-reactive ketones (excluding diaryl/α,β-unsaturated/α-hetero) is 1. The Morgan fingerprint density at radius 3 is 1.71 bits per heavy atom. The number of aliphatic hydroxyl groups is 4. The summed E-state index contributed by atoms with van der Waals surface area (Å²) < 4.78 is 0. The number of ketones is 1. The van der Waals surface area contributed by atoms with E-state index in [4.69, 9.17) is 0 Å². The first kappa shape index (κ1) is 20.5. The molecule has 6 nitrogen and oxygen atoms in total. The fraction of sp³-hybridized carbons (Fsp3) is 0.933. The van der Waals surface area contributed by atoms with Gasteiger partial charge in [-0.3, -0.25) is 0 Å². The van der Waals surface area contributed by atoms with Gasteiger partial charge in [0.25, 0.3) is 0 Å². The maximum atomic E-state index is 10.9. The summed E-state index contributed by atoms with van der Waals surface area (Å²) in [5.41, 5.74) is 0. The van der Waals surface area contributed by atoms with Crippen LogP contribution in [0.5, 0.6) is 0 Å².